The maximum Gasteiger partial charge on any atom is 0.0125 e. The number of nitrogens with two attached hydrogens (primary N) is 1. The van der Waals surface area contributed by atoms with E-state index in [2.05, 4.69) is 39.5 Å². The molecule has 2 N–H and O–H groups in total. The van der Waals surface area contributed by atoms with Gasteiger partial charge >= 0.3 is 0 Å². The van der Waals surface area contributed by atoms with Gasteiger partial charge in [0.1, 0.15) is 0 Å². The molecular weight excluding hydrogens is 172 g/mol. The van der Waals surface area contributed by atoms with Crippen molar-refractivity contribution in [3.63, 3.8) is 0 Å². The van der Waals surface area contributed by atoms with E-state index in [1.165, 1.54) is 13.0 Å². The molecule has 1 atom stereocenters. The molecule has 1 aliphatic heterocycles. The van der Waals surface area contributed by atoms with Crippen molar-refractivity contribution in [2.24, 2.45) is 17.1 Å². The lowest BCUT2D eigenvalue weighted by molar-refractivity contribution is 0.0125. The Morgan fingerprint density at radius 2 is 1.93 bits per heavy atom. The van der Waals surface area contributed by atoms with E-state index >= 15 is 0 Å². The Morgan fingerprint density at radius 1 is 1.36 bits per heavy atom. The van der Waals surface area contributed by atoms with Crippen LogP contribution in [0.5, 0.6) is 0 Å². The van der Waals surface area contributed by atoms with E-state index in [-0.39, 0.29) is 0 Å². The average molecular weight is 198 g/mol. The first-order chi connectivity index (χ1) is 6.27. The van der Waals surface area contributed by atoms with E-state index in [1.807, 2.05) is 0 Å². The van der Waals surface area contributed by atoms with Crippen LogP contribution in [0.2, 0.25) is 0 Å². The van der Waals surface area contributed by atoms with Gasteiger partial charge in [0, 0.05) is 12.1 Å². The first-order valence-electron chi connectivity index (χ1n) is 5.72. The molecule has 0 radical (unpaired) electrons. The third-order valence-electron chi connectivity index (χ3n) is 3.81. The van der Waals surface area contributed by atoms with E-state index in [9.17, 15) is 0 Å². The normalized spacial score (nSPS) is 29.1. The second-order valence-electron chi connectivity index (χ2n) is 6.29. The summed E-state index contributed by atoms with van der Waals surface area (Å²) in [5.41, 5.74) is 6.58. The number of rotatable bonds is 1. The van der Waals surface area contributed by atoms with Crippen LogP contribution in [0.1, 0.15) is 41.0 Å². The van der Waals surface area contributed by atoms with E-state index in [0.717, 1.165) is 13.1 Å². The van der Waals surface area contributed by atoms with Crippen LogP contribution in [0.3, 0.4) is 0 Å². The predicted molar refractivity (Wildman–Crippen MR) is 62.3 cm³/mol. The molecule has 1 rings (SSSR count). The Labute approximate surface area is 88.8 Å². The van der Waals surface area contributed by atoms with Gasteiger partial charge in [0.25, 0.3) is 0 Å². The predicted octanol–water partition coefficient (Wildman–Crippen LogP) is 2.09. The van der Waals surface area contributed by atoms with Crippen molar-refractivity contribution in [2.75, 3.05) is 19.6 Å². The fraction of sp³-hybridized carbons (Fsp3) is 1.00. The molecule has 2 heteroatoms. The van der Waals surface area contributed by atoms with Crippen molar-refractivity contribution in [3.8, 4) is 0 Å². The van der Waals surface area contributed by atoms with Crippen LogP contribution in [0.15, 0.2) is 0 Å². The second-order valence-corrected chi connectivity index (χ2v) is 6.29. The van der Waals surface area contributed by atoms with Gasteiger partial charge in [-0.2, -0.15) is 0 Å². The number of likely N-dealkylation sites (tertiary alicyclic amines) is 1. The van der Waals surface area contributed by atoms with Crippen molar-refractivity contribution in [3.05, 3.63) is 0 Å². The molecule has 0 aromatic carbocycles. The van der Waals surface area contributed by atoms with Crippen molar-refractivity contribution in [1.29, 1.82) is 0 Å². The number of hydrogen-bond donors (Lipinski definition) is 1. The zero-order valence-electron chi connectivity index (χ0n) is 10.4. The van der Waals surface area contributed by atoms with Gasteiger partial charge in [-0.3, -0.25) is 4.90 Å². The molecule has 0 spiro atoms. The minimum absolute atomic E-state index is 0.296. The van der Waals surface area contributed by atoms with Crippen molar-refractivity contribution in [2.45, 2.75) is 46.6 Å². The van der Waals surface area contributed by atoms with E-state index in [0.29, 0.717) is 16.9 Å². The largest absolute Gasteiger partial charge is 0.330 e. The van der Waals surface area contributed by atoms with Crippen LogP contribution < -0.4 is 5.73 Å². The van der Waals surface area contributed by atoms with Crippen LogP contribution in [0.4, 0.5) is 0 Å². The summed E-state index contributed by atoms with van der Waals surface area (Å²) in [6.07, 6.45) is 1.27. The fourth-order valence-corrected chi connectivity index (χ4v) is 2.23. The minimum Gasteiger partial charge on any atom is -0.330 e. The number of hydrogen-bond acceptors (Lipinski definition) is 2. The number of piperidine rings is 1. The topological polar surface area (TPSA) is 29.3 Å². The van der Waals surface area contributed by atoms with E-state index in [1.54, 1.807) is 0 Å². The summed E-state index contributed by atoms with van der Waals surface area (Å²) in [7, 11) is 0. The van der Waals surface area contributed by atoms with E-state index < -0.39 is 0 Å². The molecule has 0 aromatic rings. The highest BCUT2D eigenvalue weighted by molar-refractivity contribution is 4.91. The lowest BCUT2D eigenvalue weighted by atomic mass is 9.72. The van der Waals surface area contributed by atoms with Crippen LogP contribution in [0, 0.1) is 11.3 Å². The Balaban J connectivity index is 2.67. The molecule has 1 unspecified atom stereocenters. The molecular formula is C12H26N2. The third-order valence-corrected chi connectivity index (χ3v) is 3.81. The smallest absolute Gasteiger partial charge is 0.0125 e. The molecule has 14 heavy (non-hydrogen) atoms. The van der Waals surface area contributed by atoms with Crippen LogP contribution >= 0.6 is 0 Å². The molecule has 0 saturated carbocycles. The molecule has 0 aromatic heterocycles. The Hall–Kier alpha value is -0.0800. The van der Waals surface area contributed by atoms with Gasteiger partial charge in [0.2, 0.25) is 0 Å². The zero-order chi connectivity index (χ0) is 11.0. The molecule has 1 fully saturated rings. The number of nitrogens with zero attached hydrogens (tertiary/aromatic N) is 1. The van der Waals surface area contributed by atoms with Crippen molar-refractivity contribution < 1.29 is 0 Å². The molecule has 84 valence electrons. The lowest BCUT2D eigenvalue weighted by Gasteiger charge is -2.48. The van der Waals surface area contributed by atoms with Gasteiger partial charge in [-0.1, -0.05) is 13.8 Å². The summed E-state index contributed by atoms with van der Waals surface area (Å²) in [6, 6.07) is 0. The molecule has 1 heterocycles. The highest BCUT2D eigenvalue weighted by Gasteiger charge is 2.37. The fourth-order valence-electron chi connectivity index (χ4n) is 2.23. The Kier molecular flexibility index (Phi) is 3.27. The van der Waals surface area contributed by atoms with Gasteiger partial charge < -0.3 is 5.73 Å². The molecule has 0 amide bonds. The average Bonchev–Trinajstić information content (AvgIpc) is 2.01. The second kappa shape index (κ2) is 3.82. The van der Waals surface area contributed by atoms with Crippen molar-refractivity contribution >= 4 is 0 Å². The molecule has 2 nitrogen and oxygen atoms in total. The Bertz CT molecular complexity index is 191. The summed E-state index contributed by atoms with van der Waals surface area (Å²) in [5, 5.41) is 0. The molecule has 0 aliphatic carbocycles. The standard InChI is InChI=1S/C12H26N2/c1-11(2,3)14-7-6-12(4,5)10(8-13)9-14/h10H,6-9,13H2,1-5H3. The van der Waals surface area contributed by atoms with Gasteiger partial charge in [0.15, 0.2) is 0 Å². The summed E-state index contributed by atoms with van der Waals surface area (Å²) >= 11 is 0. The molecule has 1 saturated heterocycles. The first-order valence-corrected chi connectivity index (χ1v) is 5.72. The SMILES string of the molecule is CC1(C)CCN(C(C)(C)C)CC1CN. The monoisotopic (exact) mass is 198 g/mol. The van der Waals surface area contributed by atoms with Gasteiger partial charge in [-0.05, 0) is 51.6 Å². The van der Waals surface area contributed by atoms with Gasteiger partial charge in [-0.25, -0.2) is 0 Å². The maximum atomic E-state index is 5.86. The van der Waals surface area contributed by atoms with Crippen LogP contribution in [-0.2, 0) is 0 Å². The zero-order valence-corrected chi connectivity index (χ0v) is 10.4. The van der Waals surface area contributed by atoms with Crippen molar-refractivity contribution in [1.82, 2.24) is 4.90 Å². The van der Waals surface area contributed by atoms with Gasteiger partial charge in [0.05, 0.1) is 0 Å². The van der Waals surface area contributed by atoms with E-state index in [4.69, 9.17) is 5.73 Å². The molecule has 0 bridgehead atoms. The quantitative estimate of drug-likeness (QED) is 0.699. The summed E-state index contributed by atoms with van der Waals surface area (Å²) in [5.74, 6) is 0.649. The van der Waals surface area contributed by atoms with Crippen LogP contribution in [0.25, 0.3) is 0 Å². The lowest BCUT2D eigenvalue weighted by Crippen LogP contribution is -2.53. The minimum atomic E-state index is 0.296. The highest BCUT2D eigenvalue weighted by atomic mass is 15.2. The van der Waals surface area contributed by atoms with Gasteiger partial charge in [-0.15, -0.1) is 0 Å². The Morgan fingerprint density at radius 3 is 2.36 bits per heavy atom. The highest BCUT2D eigenvalue weighted by Crippen LogP contribution is 2.37. The summed E-state index contributed by atoms with van der Waals surface area (Å²) in [6.45, 7) is 14.8. The maximum absolute atomic E-state index is 5.86. The summed E-state index contributed by atoms with van der Waals surface area (Å²) in [4.78, 5) is 2.57. The summed E-state index contributed by atoms with van der Waals surface area (Å²) < 4.78 is 0. The molecule has 1 aliphatic rings. The third kappa shape index (κ3) is 2.48. The van der Waals surface area contributed by atoms with Crippen LogP contribution in [-0.4, -0.2) is 30.1 Å². The first kappa shape index (κ1) is 12.0.